The van der Waals surface area contributed by atoms with E-state index >= 15 is 0 Å². The molecule has 2 heterocycles. The zero-order valence-corrected chi connectivity index (χ0v) is 9.79. The third-order valence-corrected chi connectivity index (χ3v) is 3.69. The van der Waals surface area contributed by atoms with Gasteiger partial charge >= 0.3 is 0 Å². The molecular formula is C12H7ClN2S. The summed E-state index contributed by atoms with van der Waals surface area (Å²) < 4.78 is 0. The first-order valence-corrected chi connectivity index (χ1v) is 5.99. The second kappa shape index (κ2) is 3.92. The average molecular weight is 247 g/mol. The van der Waals surface area contributed by atoms with Crippen molar-refractivity contribution in [1.29, 1.82) is 0 Å². The molecule has 78 valence electrons. The Morgan fingerprint density at radius 2 is 2.00 bits per heavy atom. The quantitative estimate of drug-likeness (QED) is 0.600. The van der Waals surface area contributed by atoms with Crippen LogP contribution in [-0.4, -0.2) is 11.2 Å². The molecule has 0 radical (unpaired) electrons. The topological polar surface area (TPSA) is 25.2 Å². The summed E-state index contributed by atoms with van der Waals surface area (Å²) in [7, 11) is 0. The molecule has 0 spiro atoms. The van der Waals surface area contributed by atoms with E-state index in [9.17, 15) is 0 Å². The molecule has 0 unspecified atom stereocenters. The van der Waals surface area contributed by atoms with Gasteiger partial charge < -0.3 is 0 Å². The number of pyridine rings is 1. The smallest absolute Gasteiger partial charge is 0.128 e. The first-order chi connectivity index (χ1) is 7.84. The lowest BCUT2D eigenvalue weighted by Gasteiger charge is -2.03. The molecule has 16 heavy (non-hydrogen) atoms. The van der Waals surface area contributed by atoms with Gasteiger partial charge in [-0.2, -0.15) is 0 Å². The SMILES string of the molecule is Clc1ccnc2c1N=Cc1ccccc1S2. The highest BCUT2D eigenvalue weighted by Crippen LogP contribution is 2.40. The highest BCUT2D eigenvalue weighted by atomic mass is 35.5. The van der Waals surface area contributed by atoms with E-state index in [-0.39, 0.29) is 0 Å². The summed E-state index contributed by atoms with van der Waals surface area (Å²) in [5, 5.41) is 1.50. The zero-order valence-electron chi connectivity index (χ0n) is 8.22. The van der Waals surface area contributed by atoms with Crippen LogP contribution in [0, 0.1) is 0 Å². The fourth-order valence-corrected chi connectivity index (χ4v) is 2.74. The van der Waals surface area contributed by atoms with E-state index in [2.05, 4.69) is 16.0 Å². The van der Waals surface area contributed by atoms with Crippen molar-refractivity contribution >= 4 is 35.3 Å². The maximum Gasteiger partial charge on any atom is 0.128 e. The Kier molecular flexibility index (Phi) is 2.42. The summed E-state index contributed by atoms with van der Waals surface area (Å²) in [5.41, 5.74) is 1.85. The molecule has 0 N–H and O–H groups in total. The lowest BCUT2D eigenvalue weighted by molar-refractivity contribution is 1.13. The number of aliphatic imine (C=N–C) groups is 1. The van der Waals surface area contributed by atoms with Crippen molar-refractivity contribution in [2.24, 2.45) is 4.99 Å². The predicted octanol–water partition coefficient (Wildman–Crippen LogP) is 3.95. The number of fused-ring (bicyclic) bond motifs is 2. The molecule has 0 saturated heterocycles. The third kappa shape index (κ3) is 1.62. The molecule has 0 atom stereocenters. The van der Waals surface area contributed by atoms with Gasteiger partial charge in [0.25, 0.3) is 0 Å². The first-order valence-electron chi connectivity index (χ1n) is 4.80. The van der Waals surface area contributed by atoms with E-state index in [1.807, 2.05) is 24.4 Å². The normalized spacial score (nSPS) is 12.8. The van der Waals surface area contributed by atoms with Gasteiger partial charge in [-0.3, -0.25) is 4.99 Å². The zero-order chi connectivity index (χ0) is 11.0. The molecule has 0 bridgehead atoms. The van der Waals surface area contributed by atoms with E-state index < -0.39 is 0 Å². The van der Waals surface area contributed by atoms with Crippen molar-refractivity contribution in [2.45, 2.75) is 9.92 Å². The minimum absolute atomic E-state index is 0.640. The molecule has 2 nitrogen and oxygen atoms in total. The summed E-state index contributed by atoms with van der Waals surface area (Å²) in [5.74, 6) is 0. The lowest BCUT2D eigenvalue weighted by atomic mass is 10.2. The van der Waals surface area contributed by atoms with Crippen molar-refractivity contribution in [3.8, 4) is 0 Å². The van der Waals surface area contributed by atoms with Crippen LogP contribution in [0.4, 0.5) is 5.69 Å². The molecule has 0 amide bonds. The summed E-state index contributed by atoms with van der Waals surface area (Å²) >= 11 is 7.69. The Bertz CT molecular complexity index is 581. The van der Waals surface area contributed by atoms with Gasteiger partial charge in [0.1, 0.15) is 10.7 Å². The van der Waals surface area contributed by atoms with Crippen LogP contribution in [0.5, 0.6) is 0 Å². The monoisotopic (exact) mass is 246 g/mol. The van der Waals surface area contributed by atoms with Crippen molar-refractivity contribution in [1.82, 2.24) is 4.98 Å². The van der Waals surface area contributed by atoms with Crippen LogP contribution in [0.15, 0.2) is 51.4 Å². The second-order valence-corrected chi connectivity index (χ2v) is 4.78. The first kappa shape index (κ1) is 9.87. The maximum atomic E-state index is 6.09. The average Bonchev–Trinajstić information content (AvgIpc) is 2.48. The van der Waals surface area contributed by atoms with Crippen LogP contribution in [-0.2, 0) is 0 Å². The summed E-state index contributed by atoms with van der Waals surface area (Å²) in [6, 6.07) is 9.86. The van der Waals surface area contributed by atoms with Gasteiger partial charge in [-0.25, -0.2) is 4.98 Å². The number of halogens is 1. The Hall–Kier alpha value is -1.32. The molecule has 4 heteroatoms. The second-order valence-electron chi connectivity index (χ2n) is 3.34. The van der Waals surface area contributed by atoms with Gasteiger partial charge in [-0.05, 0) is 12.1 Å². The van der Waals surface area contributed by atoms with Crippen molar-refractivity contribution < 1.29 is 0 Å². The number of hydrogen-bond donors (Lipinski definition) is 0. The van der Waals surface area contributed by atoms with Crippen LogP contribution in [0.25, 0.3) is 0 Å². The summed E-state index contributed by atoms with van der Waals surface area (Å²) in [6.07, 6.45) is 3.54. The van der Waals surface area contributed by atoms with Crippen LogP contribution in [0.2, 0.25) is 5.02 Å². The Morgan fingerprint density at radius 3 is 2.94 bits per heavy atom. The molecule has 3 rings (SSSR count). The number of aromatic nitrogens is 1. The Balaban J connectivity index is 2.21. The van der Waals surface area contributed by atoms with Gasteiger partial charge in [0, 0.05) is 22.9 Å². The van der Waals surface area contributed by atoms with E-state index in [1.54, 1.807) is 24.0 Å². The van der Waals surface area contributed by atoms with Gasteiger partial charge in [0.05, 0.1) is 5.02 Å². The number of hydrogen-bond acceptors (Lipinski definition) is 3. The Morgan fingerprint density at radius 1 is 1.12 bits per heavy atom. The van der Waals surface area contributed by atoms with Crippen LogP contribution in [0.3, 0.4) is 0 Å². The number of rotatable bonds is 0. The standard InChI is InChI=1S/C12H7ClN2S/c13-9-5-6-14-12-11(9)15-7-8-3-1-2-4-10(8)16-12/h1-7H. The van der Waals surface area contributed by atoms with E-state index in [4.69, 9.17) is 11.6 Å². The van der Waals surface area contributed by atoms with Gasteiger partial charge in [-0.1, -0.05) is 41.6 Å². The van der Waals surface area contributed by atoms with Crippen molar-refractivity contribution in [3.63, 3.8) is 0 Å². The van der Waals surface area contributed by atoms with Crippen molar-refractivity contribution in [2.75, 3.05) is 0 Å². The molecule has 1 aliphatic rings. The molecule has 1 aromatic heterocycles. The maximum absolute atomic E-state index is 6.09. The lowest BCUT2D eigenvalue weighted by Crippen LogP contribution is -1.82. The van der Waals surface area contributed by atoms with E-state index in [0.29, 0.717) is 5.02 Å². The Labute approximate surface area is 102 Å². The van der Waals surface area contributed by atoms with Crippen LogP contribution >= 0.6 is 23.4 Å². The van der Waals surface area contributed by atoms with E-state index in [0.717, 1.165) is 21.2 Å². The fraction of sp³-hybridized carbons (Fsp3) is 0. The molecule has 0 aliphatic carbocycles. The predicted molar refractivity (Wildman–Crippen MR) is 67.1 cm³/mol. The molecular weight excluding hydrogens is 240 g/mol. The molecule has 1 aromatic carbocycles. The third-order valence-electron chi connectivity index (χ3n) is 2.30. The largest absolute Gasteiger partial charge is 0.252 e. The van der Waals surface area contributed by atoms with Gasteiger partial charge in [-0.15, -0.1) is 0 Å². The van der Waals surface area contributed by atoms with Gasteiger partial charge in [0.15, 0.2) is 0 Å². The molecule has 0 saturated carbocycles. The van der Waals surface area contributed by atoms with E-state index in [1.165, 1.54) is 0 Å². The van der Waals surface area contributed by atoms with Crippen LogP contribution in [0.1, 0.15) is 5.56 Å². The fourth-order valence-electron chi connectivity index (χ4n) is 1.52. The minimum atomic E-state index is 0.640. The van der Waals surface area contributed by atoms with Crippen LogP contribution < -0.4 is 0 Å². The molecule has 2 aromatic rings. The van der Waals surface area contributed by atoms with Crippen molar-refractivity contribution in [3.05, 3.63) is 47.1 Å². The number of nitrogens with zero attached hydrogens (tertiary/aromatic N) is 2. The minimum Gasteiger partial charge on any atom is -0.252 e. The van der Waals surface area contributed by atoms with Gasteiger partial charge in [0.2, 0.25) is 0 Å². The summed E-state index contributed by atoms with van der Waals surface area (Å²) in [6.45, 7) is 0. The highest BCUT2D eigenvalue weighted by Gasteiger charge is 2.13. The number of benzene rings is 1. The molecule has 1 aliphatic heterocycles. The summed E-state index contributed by atoms with van der Waals surface area (Å²) in [4.78, 5) is 9.84. The highest BCUT2D eigenvalue weighted by molar-refractivity contribution is 7.99. The molecule has 0 fully saturated rings.